The van der Waals surface area contributed by atoms with Gasteiger partial charge in [-0.1, -0.05) is 0 Å². The lowest BCUT2D eigenvalue weighted by Crippen LogP contribution is -2.40. The zero-order valence-corrected chi connectivity index (χ0v) is 11.1. The van der Waals surface area contributed by atoms with E-state index in [-0.39, 0.29) is 12.1 Å². The smallest absolute Gasteiger partial charge is 0.407 e. The van der Waals surface area contributed by atoms with Gasteiger partial charge in [0.05, 0.1) is 0 Å². The van der Waals surface area contributed by atoms with Gasteiger partial charge >= 0.3 is 6.09 Å². The number of hydrogen-bond donors (Lipinski definition) is 1. The Morgan fingerprint density at radius 1 is 1.35 bits per heavy atom. The summed E-state index contributed by atoms with van der Waals surface area (Å²) in [5, 5.41) is 2.93. The summed E-state index contributed by atoms with van der Waals surface area (Å²) in [6.07, 6.45) is 10.1. The number of terminal acetylenes is 1. The van der Waals surface area contributed by atoms with Crippen molar-refractivity contribution in [2.75, 3.05) is 0 Å². The molecule has 3 nitrogen and oxygen atoms in total. The fourth-order valence-electron chi connectivity index (χ4n) is 2.15. The Labute approximate surface area is 104 Å². The highest BCUT2D eigenvalue weighted by molar-refractivity contribution is 5.68. The van der Waals surface area contributed by atoms with E-state index in [9.17, 15) is 4.79 Å². The van der Waals surface area contributed by atoms with Crippen molar-refractivity contribution in [3.8, 4) is 12.3 Å². The zero-order valence-electron chi connectivity index (χ0n) is 11.1. The lowest BCUT2D eigenvalue weighted by atomic mass is 9.84. The fourth-order valence-corrected chi connectivity index (χ4v) is 2.15. The van der Waals surface area contributed by atoms with Crippen molar-refractivity contribution in [3.05, 3.63) is 0 Å². The highest BCUT2D eigenvalue weighted by Crippen LogP contribution is 2.26. The summed E-state index contributed by atoms with van der Waals surface area (Å²) in [5.74, 6) is 3.35. The predicted molar refractivity (Wildman–Crippen MR) is 68.6 cm³/mol. The molecule has 0 aliphatic heterocycles. The van der Waals surface area contributed by atoms with Crippen LogP contribution in [-0.2, 0) is 4.74 Å². The van der Waals surface area contributed by atoms with E-state index in [0.717, 1.165) is 32.1 Å². The molecule has 1 aliphatic carbocycles. The summed E-state index contributed by atoms with van der Waals surface area (Å²) in [6, 6.07) is 0.249. The maximum Gasteiger partial charge on any atom is 0.407 e. The zero-order chi connectivity index (χ0) is 12.9. The fraction of sp³-hybridized carbons (Fsp3) is 0.786. The minimum absolute atomic E-state index is 0.249. The first kappa shape index (κ1) is 13.9. The lowest BCUT2D eigenvalue weighted by molar-refractivity contribution is 0.0487. The third kappa shape index (κ3) is 5.63. The number of alkyl carbamates (subject to hydrolysis) is 1. The van der Waals surface area contributed by atoms with Crippen molar-refractivity contribution in [1.82, 2.24) is 5.32 Å². The van der Waals surface area contributed by atoms with Crippen LogP contribution in [0.5, 0.6) is 0 Å². The molecule has 0 aromatic rings. The average Bonchev–Trinajstić information content (AvgIpc) is 2.18. The second-order valence-electron chi connectivity index (χ2n) is 5.77. The molecule has 0 aromatic carbocycles. The summed E-state index contributed by atoms with van der Waals surface area (Å²) < 4.78 is 5.23. The molecular formula is C14H23NO2. The highest BCUT2D eigenvalue weighted by Gasteiger charge is 2.24. The van der Waals surface area contributed by atoms with Crippen LogP contribution in [0.2, 0.25) is 0 Å². The van der Waals surface area contributed by atoms with Crippen LogP contribution in [0.25, 0.3) is 0 Å². The van der Waals surface area contributed by atoms with Gasteiger partial charge in [0.1, 0.15) is 5.60 Å². The van der Waals surface area contributed by atoms with E-state index in [1.165, 1.54) is 0 Å². The quantitative estimate of drug-likeness (QED) is 0.749. The van der Waals surface area contributed by atoms with Crippen molar-refractivity contribution >= 4 is 6.09 Å². The van der Waals surface area contributed by atoms with Crippen LogP contribution < -0.4 is 5.32 Å². The van der Waals surface area contributed by atoms with Crippen LogP contribution in [0.15, 0.2) is 0 Å². The van der Waals surface area contributed by atoms with Crippen LogP contribution >= 0.6 is 0 Å². The van der Waals surface area contributed by atoms with Crippen LogP contribution in [0.4, 0.5) is 4.79 Å². The first-order valence-corrected chi connectivity index (χ1v) is 6.33. The molecule has 0 heterocycles. The first-order chi connectivity index (χ1) is 7.90. The molecule has 0 bridgehead atoms. The molecule has 0 spiro atoms. The van der Waals surface area contributed by atoms with Crippen molar-refractivity contribution in [2.45, 2.75) is 64.5 Å². The van der Waals surface area contributed by atoms with Gasteiger partial charge in [-0.15, -0.1) is 12.3 Å². The molecule has 1 amide bonds. The Hall–Kier alpha value is -1.17. The maximum absolute atomic E-state index is 11.6. The Morgan fingerprint density at radius 2 is 1.94 bits per heavy atom. The van der Waals surface area contributed by atoms with Gasteiger partial charge in [-0.25, -0.2) is 4.79 Å². The van der Waals surface area contributed by atoms with Crippen LogP contribution in [0, 0.1) is 18.3 Å². The van der Waals surface area contributed by atoms with E-state index in [4.69, 9.17) is 11.2 Å². The van der Waals surface area contributed by atoms with E-state index in [1.54, 1.807) is 0 Å². The molecule has 96 valence electrons. The number of rotatable bonds is 2. The highest BCUT2D eigenvalue weighted by atomic mass is 16.6. The molecule has 1 fully saturated rings. The molecule has 0 atom stereocenters. The van der Waals surface area contributed by atoms with E-state index in [0.29, 0.717) is 5.92 Å². The van der Waals surface area contributed by atoms with Crippen LogP contribution in [-0.4, -0.2) is 17.7 Å². The van der Waals surface area contributed by atoms with Gasteiger partial charge in [0.2, 0.25) is 0 Å². The standard InChI is InChI=1S/C14H23NO2/c1-5-6-11-7-9-12(10-8-11)15-13(16)17-14(2,3)4/h1,11-12H,6-10H2,2-4H3,(H,15,16)/t11-,12+. The number of carbonyl (C=O) groups excluding carboxylic acids is 1. The number of amides is 1. The molecule has 3 heteroatoms. The monoisotopic (exact) mass is 237 g/mol. The Morgan fingerprint density at radius 3 is 2.41 bits per heavy atom. The largest absolute Gasteiger partial charge is 0.444 e. The third-order valence-corrected chi connectivity index (χ3v) is 2.97. The summed E-state index contributed by atoms with van der Waals surface area (Å²) in [5.41, 5.74) is -0.426. The number of nitrogens with one attached hydrogen (secondary N) is 1. The molecule has 1 saturated carbocycles. The molecule has 0 saturated heterocycles. The topological polar surface area (TPSA) is 38.3 Å². The molecule has 1 N–H and O–H groups in total. The molecule has 0 unspecified atom stereocenters. The molecule has 0 aromatic heterocycles. The number of carbonyl (C=O) groups is 1. The summed E-state index contributed by atoms with van der Waals surface area (Å²) >= 11 is 0. The Kier molecular flexibility index (Phi) is 4.86. The summed E-state index contributed by atoms with van der Waals surface area (Å²) in [6.45, 7) is 5.61. The molecule has 1 rings (SSSR count). The van der Waals surface area contributed by atoms with Gasteiger partial charge in [0.15, 0.2) is 0 Å². The molecule has 17 heavy (non-hydrogen) atoms. The minimum atomic E-state index is -0.426. The van der Waals surface area contributed by atoms with E-state index in [1.807, 2.05) is 20.8 Å². The first-order valence-electron chi connectivity index (χ1n) is 6.33. The third-order valence-electron chi connectivity index (χ3n) is 2.97. The number of ether oxygens (including phenoxy) is 1. The molecular weight excluding hydrogens is 214 g/mol. The second-order valence-corrected chi connectivity index (χ2v) is 5.77. The number of hydrogen-bond acceptors (Lipinski definition) is 2. The predicted octanol–water partition coefficient (Wildman–Crippen LogP) is 3.09. The van der Waals surface area contributed by atoms with E-state index in [2.05, 4.69) is 11.2 Å². The van der Waals surface area contributed by atoms with Crippen molar-refractivity contribution in [2.24, 2.45) is 5.92 Å². The van der Waals surface area contributed by atoms with Crippen molar-refractivity contribution in [1.29, 1.82) is 0 Å². The van der Waals surface area contributed by atoms with Gasteiger partial charge in [-0.3, -0.25) is 0 Å². The van der Waals surface area contributed by atoms with E-state index >= 15 is 0 Å². The maximum atomic E-state index is 11.6. The summed E-state index contributed by atoms with van der Waals surface area (Å²) in [4.78, 5) is 11.6. The molecule has 0 radical (unpaired) electrons. The van der Waals surface area contributed by atoms with Gasteiger partial charge in [-0.2, -0.15) is 0 Å². The van der Waals surface area contributed by atoms with Gasteiger partial charge in [0, 0.05) is 12.5 Å². The molecule has 1 aliphatic rings. The SMILES string of the molecule is C#CC[C@H]1CC[C@@H](NC(=O)OC(C)(C)C)CC1. The summed E-state index contributed by atoms with van der Waals surface area (Å²) in [7, 11) is 0. The van der Waals surface area contributed by atoms with Gasteiger partial charge in [0.25, 0.3) is 0 Å². The lowest BCUT2D eigenvalue weighted by Gasteiger charge is -2.29. The van der Waals surface area contributed by atoms with E-state index < -0.39 is 5.60 Å². The van der Waals surface area contributed by atoms with Crippen molar-refractivity contribution in [3.63, 3.8) is 0 Å². The average molecular weight is 237 g/mol. The van der Waals surface area contributed by atoms with Gasteiger partial charge in [-0.05, 0) is 52.4 Å². The Balaban J connectivity index is 2.27. The minimum Gasteiger partial charge on any atom is -0.444 e. The van der Waals surface area contributed by atoms with Crippen molar-refractivity contribution < 1.29 is 9.53 Å². The Bertz CT molecular complexity index is 290. The normalized spacial score (nSPS) is 24.8. The van der Waals surface area contributed by atoms with Gasteiger partial charge < -0.3 is 10.1 Å². The van der Waals surface area contributed by atoms with Crippen LogP contribution in [0.1, 0.15) is 52.9 Å². The van der Waals surface area contributed by atoms with Crippen LogP contribution in [0.3, 0.4) is 0 Å². The second kappa shape index (κ2) is 5.95.